The second-order valence-electron chi connectivity index (χ2n) is 4.66. The molecule has 0 bridgehead atoms. The smallest absolute Gasteiger partial charge is 0.0244 e. The predicted molar refractivity (Wildman–Crippen MR) is 79.5 cm³/mol. The molecular weight excluding hydrogens is 236 g/mol. The summed E-state index contributed by atoms with van der Waals surface area (Å²) >= 11 is 1.93. The maximum Gasteiger partial charge on any atom is 0.0244 e. The monoisotopic (exact) mass is 248 g/mol. The fraction of sp³-hybridized carbons (Fsp3) is 0.0588. The molecule has 0 spiro atoms. The topological polar surface area (TPSA) is 0 Å². The number of thioether (sulfide) groups is 1. The van der Waals surface area contributed by atoms with Crippen molar-refractivity contribution in [1.82, 2.24) is 0 Å². The zero-order chi connectivity index (χ0) is 12.1. The van der Waals surface area contributed by atoms with Gasteiger partial charge in [-0.3, -0.25) is 0 Å². The van der Waals surface area contributed by atoms with Gasteiger partial charge in [0.2, 0.25) is 0 Å². The molecule has 0 radical (unpaired) electrons. The van der Waals surface area contributed by atoms with E-state index in [0.29, 0.717) is 0 Å². The van der Waals surface area contributed by atoms with E-state index in [0.717, 1.165) is 5.75 Å². The summed E-state index contributed by atoms with van der Waals surface area (Å²) in [5, 5.41) is 0. The van der Waals surface area contributed by atoms with Crippen LogP contribution in [0, 0.1) is 0 Å². The normalized spacial score (nSPS) is 16.3. The van der Waals surface area contributed by atoms with Gasteiger partial charge in [-0.15, -0.1) is 11.8 Å². The fourth-order valence-corrected chi connectivity index (χ4v) is 3.98. The average molecular weight is 248 g/mol. The molecule has 1 aliphatic carbocycles. The molecule has 86 valence electrons. The van der Waals surface area contributed by atoms with Gasteiger partial charge in [-0.05, 0) is 39.5 Å². The second-order valence-corrected chi connectivity index (χ2v) is 5.68. The molecule has 0 saturated carbocycles. The van der Waals surface area contributed by atoms with Crippen molar-refractivity contribution in [2.75, 3.05) is 5.75 Å². The van der Waals surface area contributed by atoms with Gasteiger partial charge < -0.3 is 0 Å². The first-order valence-corrected chi connectivity index (χ1v) is 7.09. The predicted octanol–water partition coefficient (Wildman–Crippen LogP) is 4.73. The number of allylic oxidation sites excluding steroid dienone is 2. The van der Waals surface area contributed by atoms with Crippen LogP contribution in [0.4, 0.5) is 0 Å². The van der Waals surface area contributed by atoms with E-state index in [4.69, 9.17) is 0 Å². The first-order valence-electron chi connectivity index (χ1n) is 6.10. The largest absolute Gasteiger partial charge is 0.121 e. The quantitative estimate of drug-likeness (QED) is 0.649. The van der Waals surface area contributed by atoms with E-state index in [1.54, 1.807) is 0 Å². The zero-order valence-electron chi connectivity index (χ0n) is 9.94. The van der Waals surface area contributed by atoms with Gasteiger partial charge in [-0.1, -0.05) is 49.0 Å². The molecule has 2 aromatic rings. The molecule has 0 fully saturated rings. The molecule has 2 aromatic carbocycles. The molecule has 0 saturated heterocycles. The highest BCUT2D eigenvalue weighted by molar-refractivity contribution is 7.99. The minimum absolute atomic E-state index is 1.06. The Balaban J connectivity index is 2.03. The molecule has 4 rings (SSSR count). The Morgan fingerprint density at radius 3 is 2.33 bits per heavy atom. The molecule has 1 heteroatoms. The molecule has 0 amide bonds. The highest BCUT2D eigenvalue weighted by Crippen LogP contribution is 2.52. The van der Waals surface area contributed by atoms with Crippen molar-refractivity contribution in [3.63, 3.8) is 0 Å². The van der Waals surface area contributed by atoms with Crippen molar-refractivity contribution in [2.24, 2.45) is 0 Å². The minimum atomic E-state index is 1.06. The molecule has 1 aliphatic heterocycles. The summed E-state index contributed by atoms with van der Waals surface area (Å²) in [5.41, 5.74) is 8.04. The number of hydrogen-bond donors (Lipinski definition) is 0. The first-order chi connectivity index (χ1) is 8.86. The van der Waals surface area contributed by atoms with Gasteiger partial charge >= 0.3 is 0 Å². The van der Waals surface area contributed by atoms with E-state index in [-0.39, 0.29) is 0 Å². The van der Waals surface area contributed by atoms with Crippen molar-refractivity contribution in [3.8, 4) is 0 Å². The average Bonchev–Trinajstić information content (AvgIpc) is 2.73. The second kappa shape index (κ2) is 3.63. The number of hydrogen-bond acceptors (Lipinski definition) is 1. The van der Waals surface area contributed by atoms with Gasteiger partial charge in [0.1, 0.15) is 0 Å². The Bertz CT molecular complexity index is 707. The number of benzene rings is 2. The van der Waals surface area contributed by atoms with Crippen LogP contribution in [0.25, 0.3) is 16.7 Å². The summed E-state index contributed by atoms with van der Waals surface area (Å²) in [4.78, 5) is 1.38. The number of rotatable bonds is 0. The highest BCUT2D eigenvalue weighted by Gasteiger charge is 2.29. The van der Waals surface area contributed by atoms with Gasteiger partial charge in [0.15, 0.2) is 0 Å². The van der Waals surface area contributed by atoms with Crippen molar-refractivity contribution >= 4 is 28.5 Å². The van der Waals surface area contributed by atoms with Gasteiger partial charge in [-0.2, -0.15) is 0 Å². The van der Waals surface area contributed by atoms with E-state index in [2.05, 4.69) is 55.1 Å². The molecule has 0 unspecified atom stereocenters. The van der Waals surface area contributed by atoms with Crippen LogP contribution >= 0.6 is 11.8 Å². The Kier molecular flexibility index (Phi) is 2.06. The molecule has 0 nitrogen and oxygen atoms in total. The van der Waals surface area contributed by atoms with E-state index < -0.39 is 0 Å². The zero-order valence-corrected chi connectivity index (χ0v) is 10.8. The van der Waals surface area contributed by atoms with Crippen LogP contribution in [0.15, 0.2) is 60.0 Å². The van der Waals surface area contributed by atoms with Crippen LogP contribution in [0.3, 0.4) is 0 Å². The molecule has 2 aliphatic rings. The molecule has 0 atom stereocenters. The van der Waals surface area contributed by atoms with Crippen molar-refractivity contribution in [2.45, 2.75) is 4.90 Å². The van der Waals surface area contributed by atoms with Gasteiger partial charge in [0, 0.05) is 10.6 Å². The maximum absolute atomic E-state index is 4.31. The Morgan fingerprint density at radius 2 is 1.50 bits per heavy atom. The summed E-state index contributed by atoms with van der Waals surface area (Å²) in [5.74, 6) is 1.06. The SMILES string of the molecule is C=C1C2=C(CSc3ccccc32)c2ccccc21. The van der Waals surface area contributed by atoms with E-state index in [1.165, 1.54) is 38.3 Å². The van der Waals surface area contributed by atoms with Crippen LogP contribution in [-0.4, -0.2) is 5.75 Å². The third-order valence-electron chi connectivity index (χ3n) is 3.71. The summed E-state index contributed by atoms with van der Waals surface area (Å²) < 4.78 is 0. The van der Waals surface area contributed by atoms with Gasteiger partial charge in [-0.25, -0.2) is 0 Å². The molecule has 1 heterocycles. The third-order valence-corrected chi connectivity index (χ3v) is 4.81. The van der Waals surface area contributed by atoms with Crippen molar-refractivity contribution < 1.29 is 0 Å². The third kappa shape index (κ3) is 1.23. The molecule has 0 N–H and O–H groups in total. The lowest BCUT2D eigenvalue weighted by Crippen LogP contribution is -1.97. The Labute approximate surface area is 111 Å². The standard InChI is InChI=1S/C17H12S/c1-11-12-6-2-3-7-13(12)15-10-18-16-9-5-4-8-14(16)17(11)15/h2-9H,1,10H2. The van der Waals surface area contributed by atoms with E-state index in [1.807, 2.05) is 11.8 Å². The lowest BCUT2D eigenvalue weighted by atomic mass is 9.97. The summed E-state index contributed by atoms with van der Waals surface area (Å²) in [6.07, 6.45) is 0. The van der Waals surface area contributed by atoms with Crippen LogP contribution < -0.4 is 0 Å². The Morgan fingerprint density at radius 1 is 0.833 bits per heavy atom. The number of fused-ring (bicyclic) bond motifs is 4. The van der Waals surface area contributed by atoms with Crippen molar-refractivity contribution in [3.05, 3.63) is 71.8 Å². The lowest BCUT2D eigenvalue weighted by Gasteiger charge is -2.18. The summed E-state index contributed by atoms with van der Waals surface area (Å²) in [7, 11) is 0. The minimum Gasteiger partial charge on any atom is -0.121 e. The summed E-state index contributed by atoms with van der Waals surface area (Å²) in [6.45, 7) is 4.31. The lowest BCUT2D eigenvalue weighted by molar-refractivity contribution is 1.39. The van der Waals surface area contributed by atoms with Crippen LogP contribution in [-0.2, 0) is 0 Å². The van der Waals surface area contributed by atoms with E-state index >= 15 is 0 Å². The Hall–Kier alpha value is -1.73. The highest BCUT2D eigenvalue weighted by atomic mass is 32.2. The maximum atomic E-state index is 4.31. The van der Waals surface area contributed by atoms with E-state index in [9.17, 15) is 0 Å². The van der Waals surface area contributed by atoms with Crippen LogP contribution in [0.5, 0.6) is 0 Å². The summed E-state index contributed by atoms with van der Waals surface area (Å²) in [6, 6.07) is 17.3. The molecule has 0 aromatic heterocycles. The van der Waals surface area contributed by atoms with Crippen LogP contribution in [0.2, 0.25) is 0 Å². The molecular formula is C17H12S. The van der Waals surface area contributed by atoms with Gasteiger partial charge in [0.05, 0.1) is 0 Å². The van der Waals surface area contributed by atoms with Crippen LogP contribution in [0.1, 0.15) is 16.7 Å². The van der Waals surface area contributed by atoms with Crippen molar-refractivity contribution in [1.29, 1.82) is 0 Å². The molecule has 18 heavy (non-hydrogen) atoms. The first kappa shape index (κ1) is 10.2. The fourth-order valence-electron chi connectivity index (χ4n) is 2.88. The van der Waals surface area contributed by atoms with Gasteiger partial charge in [0.25, 0.3) is 0 Å².